The summed E-state index contributed by atoms with van der Waals surface area (Å²) >= 11 is 0. The summed E-state index contributed by atoms with van der Waals surface area (Å²) in [5.74, 6) is 2.37. The molecule has 0 saturated heterocycles. The third kappa shape index (κ3) is 3.04. The Morgan fingerprint density at radius 1 is 0.613 bits per heavy atom. The second-order valence-electron chi connectivity index (χ2n) is 6.71. The van der Waals surface area contributed by atoms with Crippen molar-refractivity contribution in [2.45, 2.75) is 0 Å². The molecule has 0 aliphatic carbocycles. The van der Waals surface area contributed by atoms with Crippen LogP contribution in [0.2, 0.25) is 0 Å². The normalized spacial score (nSPS) is 12.3. The van der Waals surface area contributed by atoms with E-state index >= 15 is 0 Å². The maximum atomic E-state index is 4.67. The van der Waals surface area contributed by atoms with E-state index in [-0.39, 0.29) is 0 Å². The number of aliphatic imine (C=N–C) groups is 1. The number of pyridine rings is 3. The monoisotopic (exact) mass is 402 g/mol. The van der Waals surface area contributed by atoms with Crippen LogP contribution in [-0.2, 0) is 0 Å². The Morgan fingerprint density at radius 2 is 1.19 bits per heavy atom. The van der Waals surface area contributed by atoms with E-state index < -0.39 is 0 Å². The van der Waals surface area contributed by atoms with Crippen LogP contribution < -0.4 is 0 Å². The van der Waals surface area contributed by atoms with Gasteiger partial charge in [0.05, 0.1) is 17.0 Å². The van der Waals surface area contributed by atoms with E-state index in [1.165, 1.54) is 0 Å². The van der Waals surface area contributed by atoms with Crippen molar-refractivity contribution >= 4 is 28.5 Å². The van der Waals surface area contributed by atoms with Crippen molar-refractivity contribution in [1.29, 1.82) is 0 Å². The molecule has 1 aliphatic rings. The molecule has 0 fully saturated rings. The molecule has 0 amide bonds. The van der Waals surface area contributed by atoms with Gasteiger partial charge in [0.2, 0.25) is 0 Å². The molecule has 6 heterocycles. The summed E-state index contributed by atoms with van der Waals surface area (Å²) in [5.41, 5.74) is 2.77. The topological polar surface area (TPSA) is 117 Å². The van der Waals surface area contributed by atoms with Crippen LogP contribution in [-0.4, -0.2) is 40.7 Å². The summed E-state index contributed by atoms with van der Waals surface area (Å²) in [5, 5.41) is 5.27. The molecule has 0 atom stereocenters. The minimum absolute atomic E-state index is 0.463. The zero-order chi connectivity index (χ0) is 20.6. The SMILES string of the molecule is c1cncc(C2=Nc3nc(-c4cccnc4)nc4nc(-c5cccnc5)nc(c34)[N-]2)c1. The number of hydrogen-bond donors (Lipinski definition) is 0. The van der Waals surface area contributed by atoms with Crippen molar-refractivity contribution < 1.29 is 0 Å². The number of hydrogen-bond acceptors (Lipinski definition) is 8. The quantitative estimate of drug-likeness (QED) is 0.447. The number of aromatic nitrogens is 7. The van der Waals surface area contributed by atoms with Crippen molar-refractivity contribution in [3.05, 3.63) is 84.5 Å². The van der Waals surface area contributed by atoms with E-state index in [9.17, 15) is 0 Å². The summed E-state index contributed by atoms with van der Waals surface area (Å²) in [6.07, 6.45) is 10.2. The van der Waals surface area contributed by atoms with Gasteiger partial charge in [-0.3, -0.25) is 15.0 Å². The molecule has 9 nitrogen and oxygen atoms in total. The minimum atomic E-state index is 0.463. The Hall–Kier alpha value is -4.66. The third-order valence-electron chi connectivity index (χ3n) is 4.70. The molecule has 9 heteroatoms. The molecule has 0 spiro atoms. The van der Waals surface area contributed by atoms with Crippen molar-refractivity contribution in [2.75, 3.05) is 0 Å². The summed E-state index contributed by atoms with van der Waals surface area (Å²) in [6, 6.07) is 11.2. The molecule has 1 aliphatic heterocycles. The zero-order valence-electron chi connectivity index (χ0n) is 16.0. The maximum absolute atomic E-state index is 4.67. The Morgan fingerprint density at radius 3 is 1.77 bits per heavy atom. The molecule has 0 aromatic carbocycles. The van der Waals surface area contributed by atoms with Gasteiger partial charge >= 0.3 is 0 Å². The molecular weight excluding hydrogens is 390 g/mol. The second-order valence-corrected chi connectivity index (χ2v) is 6.71. The van der Waals surface area contributed by atoms with E-state index in [1.54, 1.807) is 37.2 Å². The standard InChI is InChI=1S/C22H12N9/c1-4-13(10-23-7-1)17-26-20-16-21(27-17)29-19(15-6-3-9-25-12-15)31-22(16)30-18(28-20)14-5-2-8-24-11-14/h1-12H/q-1. The number of amidine groups is 1. The molecule has 0 saturated carbocycles. The Balaban J connectivity index is 1.62. The first-order valence-corrected chi connectivity index (χ1v) is 9.46. The van der Waals surface area contributed by atoms with Crippen LogP contribution >= 0.6 is 0 Å². The van der Waals surface area contributed by atoms with Crippen molar-refractivity contribution in [1.82, 2.24) is 34.9 Å². The second kappa shape index (κ2) is 6.99. The summed E-state index contributed by atoms with van der Waals surface area (Å²) in [7, 11) is 0. The van der Waals surface area contributed by atoms with Gasteiger partial charge in [-0.2, -0.15) is 0 Å². The lowest BCUT2D eigenvalue weighted by Crippen LogP contribution is -2.07. The fourth-order valence-corrected chi connectivity index (χ4v) is 3.26. The first kappa shape index (κ1) is 17.2. The van der Waals surface area contributed by atoms with Gasteiger partial charge in [-0.1, -0.05) is 6.07 Å². The van der Waals surface area contributed by atoms with Gasteiger partial charge in [0.25, 0.3) is 0 Å². The van der Waals surface area contributed by atoms with Crippen LogP contribution in [0.4, 0.5) is 11.6 Å². The molecule has 0 radical (unpaired) electrons. The van der Waals surface area contributed by atoms with E-state index in [4.69, 9.17) is 0 Å². The van der Waals surface area contributed by atoms with Crippen LogP contribution in [0.1, 0.15) is 5.56 Å². The van der Waals surface area contributed by atoms with Crippen LogP contribution in [0.5, 0.6) is 0 Å². The molecule has 6 rings (SSSR count). The smallest absolute Gasteiger partial charge is 0.165 e. The van der Waals surface area contributed by atoms with Gasteiger partial charge in [0.1, 0.15) is 0 Å². The lowest BCUT2D eigenvalue weighted by Gasteiger charge is -2.25. The maximum Gasteiger partial charge on any atom is 0.165 e. The molecule has 0 N–H and O–H groups in total. The fraction of sp³-hybridized carbons (Fsp3) is 0. The van der Waals surface area contributed by atoms with Gasteiger partial charge in [-0.15, -0.1) is 0 Å². The predicted molar refractivity (Wildman–Crippen MR) is 115 cm³/mol. The van der Waals surface area contributed by atoms with E-state index in [0.717, 1.165) is 16.7 Å². The molecule has 0 unspecified atom stereocenters. The lowest BCUT2D eigenvalue weighted by atomic mass is 10.2. The highest BCUT2D eigenvalue weighted by atomic mass is 15.2. The highest BCUT2D eigenvalue weighted by Crippen LogP contribution is 2.40. The highest BCUT2D eigenvalue weighted by Gasteiger charge is 2.17. The minimum Gasteiger partial charge on any atom is -0.357 e. The Bertz CT molecular complexity index is 1430. The molecular formula is C22H12N9-. The largest absolute Gasteiger partial charge is 0.357 e. The van der Waals surface area contributed by atoms with Gasteiger partial charge in [0, 0.05) is 65.5 Å². The van der Waals surface area contributed by atoms with E-state index in [1.807, 2.05) is 36.4 Å². The van der Waals surface area contributed by atoms with Gasteiger partial charge < -0.3 is 15.3 Å². The predicted octanol–water partition coefficient (Wildman–Crippen LogP) is 4.04. The van der Waals surface area contributed by atoms with Crippen molar-refractivity contribution in [3.8, 4) is 22.8 Å². The highest BCUT2D eigenvalue weighted by molar-refractivity contribution is 6.20. The van der Waals surface area contributed by atoms with E-state index in [0.29, 0.717) is 40.2 Å². The van der Waals surface area contributed by atoms with Gasteiger partial charge in [-0.05, 0) is 30.3 Å². The average Bonchev–Trinajstić information content (AvgIpc) is 2.85. The molecule has 5 aromatic heterocycles. The van der Waals surface area contributed by atoms with Crippen LogP contribution in [0.15, 0.2) is 78.6 Å². The average molecular weight is 402 g/mol. The van der Waals surface area contributed by atoms with Gasteiger partial charge in [-0.25, -0.2) is 15.0 Å². The Labute approximate surface area is 176 Å². The van der Waals surface area contributed by atoms with Crippen LogP contribution in [0.3, 0.4) is 0 Å². The first-order chi connectivity index (χ1) is 15.3. The summed E-state index contributed by atoms with van der Waals surface area (Å²) in [6.45, 7) is 0. The van der Waals surface area contributed by atoms with Crippen molar-refractivity contribution in [3.63, 3.8) is 0 Å². The molecule has 0 bridgehead atoms. The zero-order valence-corrected chi connectivity index (χ0v) is 16.0. The van der Waals surface area contributed by atoms with Gasteiger partial charge in [0.15, 0.2) is 11.5 Å². The third-order valence-corrected chi connectivity index (χ3v) is 4.70. The van der Waals surface area contributed by atoms with Crippen LogP contribution in [0.25, 0.3) is 39.1 Å². The van der Waals surface area contributed by atoms with E-state index in [2.05, 4.69) is 45.2 Å². The first-order valence-electron chi connectivity index (χ1n) is 9.46. The lowest BCUT2D eigenvalue weighted by molar-refractivity contribution is 1.13. The molecule has 31 heavy (non-hydrogen) atoms. The summed E-state index contributed by atoms with van der Waals surface area (Å²) in [4.78, 5) is 35.9. The Kier molecular flexibility index (Phi) is 3.88. The number of rotatable bonds is 3. The summed E-state index contributed by atoms with van der Waals surface area (Å²) < 4.78 is 0. The van der Waals surface area contributed by atoms with Crippen LogP contribution in [0, 0.1) is 0 Å². The molecule has 146 valence electrons. The fourth-order valence-electron chi connectivity index (χ4n) is 3.26. The van der Waals surface area contributed by atoms with Crippen molar-refractivity contribution in [2.24, 2.45) is 4.99 Å². The molecule has 5 aromatic rings. The number of nitrogens with zero attached hydrogens (tertiary/aromatic N) is 9.